The highest BCUT2D eigenvalue weighted by atomic mass is 16.5. The molecule has 0 rings (SSSR count). The highest BCUT2D eigenvalue weighted by molar-refractivity contribution is 4.42. The Balaban J connectivity index is 2.76. The van der Waals surface area contributed by atoms with Crippen molar-refractivity contribution in [1.29, 1.82) is 0 Å². The summed E-state index contributed by atoms with van der Waals surface area (Å²) in [6.45, 7) is 7.80. The number of hydrogen-bond acceptors (Lipinski definition) is 2. The van der Waals surface area contributed by atoms with Crippen molar-refractivity contribution in [2.24, 2.45) is 0 Å². The topological polar surface area (TPSA) is 18.5 Å². The Kier molecular flexibility index (Phi) is 11.8. The smallest absolute Gasteiger partial charge is 0.0466 e. The van der Waals surface area contributed by atoms with E-state index in [-0.39, 0.29) is 0 Å². The van der Waals surface area contributed by atoms with Gasteiger partial charge < -0.3 is 9.47 Å². The van der Waals surface area contributed by atoms with Gasteiger partial charge in [0.25, 0.3) is 0 Å². The summed E-state index contributed by atoms with van der Waals surface area (Å²) in [5.41, 5.74) is 0. The lowest BCUT2D eigenvalue weighted by atomic mass is 10.2. The van der Waals surface area contributed by atoms with Crippen LogP contribution in [0.25, 0.3) is 0 Å². The first-order chi connectivity index (χ1) is 6.41. The van der Waals surface area contributed by atoms with Crippen LogP contribution in [0.15, 0.2) is 0 Å². The average molecular weight is 188 g/mol. The minimum absolute atomic E-state index is 0.847. The molecule has 0 N–H and O–H groups in total. The molecule has 0 amide bonds. The van der Waals surface area contributed by atoms with Crippen molar-refractivity contribution < 1.29 is 9.47 Å². The monoisotopic (exact) mass is 188 g/mol. The van der Waals surface area contributed by atoms with E-state index in [0.29, 0.717) is 0 Å². The minimum Gasteiger partial charge on any atom is -0.382 e. The van der Waals surface area contributed by atoms with Crippen LogP contribution < -0.4 is 0 Å². The van der Waals surface area contributed by atoms with Gasteiger partial charge in [-0.3, -0.25) is 0 Å². The lowest BCUT2D eigenvalue weighted by Gasteiger charge is -2.02. The molecule has 0 saturated carbocycles. The molecule has 0 atom stereocenters. The Morgan fingerprint density at radius 1 is 0.692 bits per heavy atom. The first kappa shape index (κ1) is 12.9. The summed E-state index contributed by atoms with van der Waals surface area (Å²) < 4.78 is 10.6. The molecule has 0 fully saturated rings. The standard InChI is InChI=1S/C11H24O2/c1-3-9-13-11-8-6-5-7-10-12-4-2/h3-11H2,1-2H3. The lowest BCUT2D eigenvalue weighted by molar-refractivity contribution is 0.126. The second-order valence-corrected chi connectivity index (χ2v) is 3.22. The molecule has 2 heteroatoms. The Bertz CT molecular complexity index is 74.2. The van der Waals surface area contributed by atoms with Crippen molar-refractivity contribution in [2.45, 2.75) is 46.0 Å². The molecule has 0 aliphatic heterocycles. The van der Waals surface area contributed by atoms with E-state index in [4.69, 9.17) is 9.47 Å². The van der Waals surface area contributed by atoms with Gasteiger partial charge in [-0.25, -0.2) is 0 Å². The van der Waals surface area contributed by atoms with Crippen LogP contribution in [0.2, 0.25) is 0 Å². The summed E-state index contributed by atoms with van der Waals surface area (Å²) in [4.78, 5) is 0. The van der Waals surface area contributed by atoms with Gasteiger partial charge in [-0.1, -0.05) is 19.8 Å². The third-order valence-corrected chi connectivity index (χ3v) is 1.88. The zero-order valence-corrected chi connectivity index (χ0v) is 9.18. The Hall–Kier alpha value is -0.0800. The molecule has 0 saturated heterocycles. The largest absolute Gasteiger partial charge is 0.382 e. The Labute approximate surface area is 82.6 Å². The van der Waals surface area contributed by atoms with Gasteiger partial charge in [0.1, 0.15) is 0 Å². The van der Waals surface area contributed by atoms with Crippen LogP contribution in [0.5, 0.6) is 0 Å². The highest BCUT2D eigenvalue weighted by Gasteiger charge is 1.90. The highest BCUT2D eigenvalue weighted by Crippen LogP contribution is 2.00. The molecule has 0 aliphatic rings. The number of ether oxygens (including phenoxy) is 2. The normalized spacial score (nSPS) is 10.6. The third-order valence-electron chi connectivity index (χ3n) is 1.88. The molecule has 80 valence electrons. The predicted octanol–water partition coefficient (Wildman–Crippen LogP) is 3.01. The zero-order valence-electron chi connectivity index (χ0n) is 9.18. The van der Waals surface area contributed by atoms with E-state index < -0.39 is 0 Å². The molecule has 0 spiro atoms. The summed E-state index contributed by atoms with van der Waals surface area (Å²) in [5, 5.41) is 0. The molecule has 13 heavy (non-hydrogen) atoms. The molecule has 0 bridgehead atoms. The van der Waals surface area contributed by atoms with Crippen molar-refractivity contribution in [1.82, 2.24) is 0 Å². The molecule has 0 aromatic rings. The van der Waals surface area contributed by atoms with E-state index in [0.717, 1.165) is 32.8 Å². The third kappa shape index (κ3) is 11.9. The van der Waals surface area contributed by atoms with Crippen molar-refractivity contribution in [3.8, 4) is 0 Å². The maximum absolute atomic E-state index is 5.38. The summed E-state index contributed by atoms with van der Waals surface area (Å²) in [7, 11) is 0. The van der Waals surface area contributed by atoms with Gasteiger partial charge >= 0.3 is 0 Å². The van der Waals surface area contributed by atoms with Crippen LogP contribution in [-0.2, 0) is 9.47 Å². The van der Waals surface area contributed by atoms with E-state index in [1.165, 1.54) is 25.7 Å². The SMILES string of the molecule is CCCOCCCCCCOCC. The van der Waals surface area contributed by atoms with Crippen LogP contribution in [0.1, 0.15) is 46.0 Å². The van der Waals surface area contributed by atoms with Crippen LogP contribution >= 0.6 is 0 Å². The van der Waals surface area contributed by atoms with Gasteiger partial charge in [0.15, 0.2) is 0 Å². The number of hydrogen-bond donors (Lipinski definition) is 0. The van der Waals surface area contributed by atoms with Gasteiger partial charge in [-0.15, -0.1) is 0 Å². The van der Waals surface area contributed by atoms with Crippen LogP contribution in [-0.4, -0.2) is 26.4 Å². The van der Waals surface area contributed by atoms with Gasteiger partial charge in [-0.05, 0) is 26.2 Å². The van der Waals surface area contributed by atoms with Crippen molar-refractivity contribution in [3.05, 3.63) is 0 Å². The number of rotatable bonds is 10. The first-order valence-electron chi connectivity index (χ1n) is 5.57. The quantitative estimate of drug-likeness (QED) is 0.491. The second kappa shape index (κ2) is 11.9. The maximum atomic E-state index is 5.38. The lowest BCUT2D eigenvalue weighted by Crippen LogP contribution is -1.97. The summed E-state index contributed by atoms with van der Waals surface area (Å²) in [6, 6.07) is 0. The Morgan fingerprint density at radius 2 is 1.31 bits per heavy atom. The van der Waals surface area contributed by atoms with Crippen molar-refractivity contribution in [2.75, 3.05) is 26.4 Å². The number of unbranched alkanes of at least 4 members (excludes halogenated alkanes) is 3. The molecule has 0 heterocycles. The van der Waals surface area contributed by atoms with E-state index in [1.54, 1.807) is 0 Å². The minimum atomic E-state index is 0.847. The van der Waals surface area contributed by atoms with E-state index in [1.807, 2.05) is 6.92 Å². The van der Waals surface area contributed by atoms with Gasteiger partial charge in [0.2, 0.25) is 0 Å². The summed E-state index contributed by atoms with van der Waals surface area (Å²) in [6.07, 6.45) is 6.07. The first-order valence-corrected chi connectivity index (χ1v) is 5.57. The van der Waals surface area contributed by atoms with Gasteiger partial charge in [0, 0.05) is 26.4 Å². The van der Waals surface area contributed by atoms with Crippen molar-refractivity contribution in [3.63, 3.8) is 0 Å². The van der Waals surface area contributed by atoms with E-state index >= 15 is 0 Å². The van der Waals surface area contributed by atoms with E-state index in [9.17, 15) is 0 Å². The van der Waals surface area contributed by atoms with E-state index in [2.05, 4.69) is 6.92 Å². The maximum Gasteiger partial charge on any atom is 0.0466 e. The second-order valence-electron chi connectivity index (χ2n) is 3.22. The molecule has 0 aromatic heterocycles. The van der Waals surface area contributed by atoms with Crippen LogP contribution in [0.4, 0.5) is 0 Å². The van der Waals surface area contributed by atoms with Crippen LogP contribution in [0.3, 0.4) is 0 Å². The molecular formula is C11H24O2. The summed E-state index contributed by atoms with van der Waals surface area (Å²) in [5.74, 6) is 0. The summed E-state index contributed by atoms with van der Waals surface area (Å²) >= 11 is 0. The average Bonchev–Trinajstić information content (AvgIpc) is 2.16. The fourth-order valence-corrected chi connectivity index (χ4v) is 1.15. The molecule has 2 nitrogen and oxygen atoms in total. The Morgan fingerprint density at radius 3 is 1.85 bits per heavy atom. The van der Waals surface area contributed by atoms with Gasteiger partial charge in [-0.2, -0.15) is 0 Å². The van der Waals surface area contributed by atoms with Crippen LogP contribution in [0, 0.1) is 0 Å². The fraction of sp³-hybridized carbons (Fsp3) is 1.00. The predicted molar refractivity (Wildman–Crippen MR) is 56.1 cm³/mol. The fourth-order valence-electron chi connectivity index (χ4n) is 1.15. The molecule has 0 aliphatic carbocycles. The molecule has 0 radical (unpaired) electrons. The molecule has 0 aromatic carbocycles. The molecular weight excluding hydrogens is 164 g/mol. The zero-order chi connectivity index (χ0) is 9.78. The molecule has 0 unspecified atom stereocenters. The van der Waals surface area contributed by atoms with Gasteiger partial charge in [0.05, 0.1) is 0 Å². The van der Waals surface area contributed by atoms with Crippen molar-refractivity contribution >= 4 is 0 Å².